The van der Waals surface area contributed by atoms with E-state index in [1.165, 1.54) is 16.8 Å². The summed E-state index contributed by atoms with van der Waals surface area (Å²) in [5, 5.41) is 0. The van der Waals surface area contributed by atoms with E-state index in [4.69, 9.17) is 0 Å². The van der Waals surface area contributed by atoms with Gasteiger partial charge < -0.3 is 0 Å². The van der Waals surface area contributed by atoms with Gasteiger partial charge in [0.05, 0.1) is 0 Å². The molecule has 0 aliphatic heterocycles. The van der Waals surface area contributed by atoms with Crippen LogP contribution in [0.5, 0.6) is 0 Å². The summed E-state index contributed by atoms with van der Waals surface area (Å²) < 4.78 is 1.47. The standard InChI is InChI=1S/C10H8BN2O.C2H6.Y/c1-8-12-6-4-10(14)13(8)9-3-2-5-11-7-9;1-2;/h2-7H,1H2;1-2H3;/q-1;;. The third-order valence-corrected chi connectivity index (χ3v) is 1.93. The van der Waals surface area contributed by atoms with Crippen LogP contribution in [0.2, 0.25) is 0 Å². The van der Waals surface area contributed by atoms with Gasteiger partial charge in [0, 0.05) is 32.7 Å². The monoisotopic (exact) mass is 302 g/mol. The molecule has 2 aromatic heterocycles. The molecule has 1 radical (unpaired) electrons. The van der Waals surface area contributed by atoms with Gasteiger partial charge in [-0.25, -0.2) is 0 Å². The topological polar surface area (TPSA) is 34.9 Å². The van der Waals surface area contributed by atoms with E-state index in [0.29, 0.717) is 5.82 Å². The minimum atomic E-state index is -0.115. The molecule has 0 atom stereocenters. The summed E-state index contributed by atoms with van der Waals surface area (Å²) >= 11 is 0. The number of aromatic nitrogens is 2. The van der Waals surface area contributed by atoms with Crippen LogP contribution in [0, 0.1) is 6.92 Å². The van der Waals surface area contributed by atoms with E-state index in [9.17, 15) is 4.79 Å². The molecule has 0 N–H and O–H groups in total. The molecule has 2 rings (SSSR count). The van der Waals surface area contributed by atoms with Gasteiger partial charge in [-0.15, -0.1) is 0 Å². The molecule has 5 heteroatoms. The van der Waals surface area contributed by atoms with Crippen molar-refractivity contribution in [2.75, 3.05) is 0 Å². The molecule has 0 fully saturated rings. The Kier molecular flexibility index (Phi) is 8.01. The molecule has 17 heavy (non-hydrogen) atoms. The first-order valence-electron chi connectivity index (χ1n) is 5.24. The first-order chi connectivity index (χ1) is 7.79. The van der Waals surface area contributed by atoms with Gasteiger partial charge in [0.2, 0.25) is 0 Å². The predicted octanol–water partition coefficient (Wildman–Crippen LogP) is 1.78. The second kappa shape index (κ2) is 8.37. The van der Waals surface area contributed by atoms with Gasteiger partial charge in [-0.2, -0.15) is 0 Å². The fourth-order valence-corrected chi connectivity index (χ4v) is 1.30. The normalized spacial score (nSPS) is 8.35. The van der Waals surface area contributed by atoms with Crippen LogP contribution in [0.4, 0.5) is 0 Å². The van der Waals surface area contributed by atoms with Crippen LogP contribution in [-0.4, -0.2) is 16.5 Å². The van der Waals surface area contributed by atoms with E-state index in [0.717, 1.165) is 5.69 Å². The van der Waals surface area contributed by atoms with Crippen molar-refractivity contribution in [2.24, 2.45) is 0 Å². The number of nitrogens with zero attached hydrogens (tertiary/aromatic N) is 2. The van der Waals surface area contributed by atoms with Gasteiger partial charge in [-0.05, 0) is 0 Å². The summed E-state index contributed by atoms with van der Waals surface area (Å²) in [7, 11) is 0. The van der Waals surface area contributed by atoms with Crippen molar-refractivity contribution in [3.05, 3.63) is 59.4 Å². The van der Waals surface area contributed by atoms with Crippen LogP contribution in [0.15, 0.2) is 41.1 Å². The first-order valence-corrected chi connectivity index (χ1v) is 5.24. The smallest absolute Gasteiger partial charge is 0 e. The zero-order valence-corrected chi connectivity index (χ0v) is 13.0. The summed E-state index contributed by atoms with van der Waals surface area (Å²) in [5.41, 5.74) is 0.673. The molecule has 0 aliphatic rings. The molecule has 0 spiro atoms. The zero-order chi connectivity index (χ0) is 12.0. The molecule has 2 heterocycles. The average molecular weight is 302 g/mol. The van der Waals surface area contributed by atoms with Crippen LogP contribution in [0.1, 0.15) is 19.7 Å². The minimum absolute atomic E-state index is 0. The Morgan fingerprint density at radius 3 is 2.59 bits per heavy atom. The molecule has 0 saturated carbocycles. The molecule has 0 saturated heterocycles. The Balaban J connectivity index is 0.000000811. The average Bonchev–Trinajstić information content (AvgIpc) is 2.33. The van der Waals surface area contributed by atoms with Crippen molar-refractivity contribution in [1.82, 2.24) is 9.55 Å². The van der Waals surface area contributed by atoms with Crippen LogP contribution in [0.3, 0.4) is 0 Å². The van der Waals surface area contributed by atoms with Gasteiger partial charge in [0.25, 0.3) is 0 Å². The van der Waals surface area contributed by atoms with Gasteiger partial charge >= 0.3 is 81.6 Å². The van der Waals surface area contributed by atoms with E-state index in [2.05, 4.69) is 11.9 Å². The molecule has 0 aromatic carbocycles. The van der Waals surface area contributed by atoms with Crippen molar-refractivity contribution in [3.63, 3.8) is 0 Å². The van der Waals surface area contributed by atoms with Gasteiger partial charge in [0.15, 0.2) is 0 Å². The third-order valence-electron chi connectivity index (χ3n) is 1.93. The van der Waals surface area contributed by atoms with E-state index in [1.807, 2.05) is 44.8 Å². The second-order valence-electron chi connectivity index (χ2n) is 2.87. The predicted molar refractivity (Wildman–Crippen MR) is 67.0 cm³/mol. The molecule has 0 aliphatic carbocycles. The van der Waals surface area contributed by atoms with Crippen LogP contribution in [-0.2, 0) is 32.7 Å². The van der Waals surface area contributed by atoms with Crippen LogP contribution < -0.4 is 5.56 Å². The Hall–Kier alpha value is -0.731. The fourth-order valence-electron chi connectivity index (χ4n) is 1.30. The van der Waals surface area contributed by atoms with E-state index in [-0.39, 0.29) is 38.3 Å². The number of hydrogen-bond donors (Lipinski definition) is 0. The van der Waals surface area contributed by atoms with Crippen LogP contribution >= 0.6 is 0 Å². The maximum atomic E-state index is 11.5. The maximum Gasteiger partial charge on any atom is 0 e. The Morgan fingerprint density at radius 2 is 2.06 bits per heavy atom. The van der Waals surface area contributed by atoms with Crippen molar-refractivity contribution in [1.29, 1.82) is 0 Å². The molecule has 0 amide bonds. The summed E-state index contributed by atoms with van der Waals surface area (Å²) in [6.45, 7) is 9.58. The SMILES string of the molecule is CC.[CH2-]c1nccc(=O)n1-c1cbccc1.[Y]. The Labute approximate surface area is 127 Å². The van der Waals surface area contributed by atoms with Crippen molar-refractivity contribution < 1.29 is 32.7 Å². The molecular formula is C12H14BN2OY-. The summed E-state index contributed by atoms with van der Waals surface area (Å²) in [5.74, 6) is 4.19. The number of rotatable bonds is 1. The van der Waals surface area contributed by atoms with E-state index < -0.39 is 0 Å². The van der Waals surface area contributed by atoms with Crippen LogP contribution in [0.25, 0.3) is 5.69 Å². The Morgan fingerprint density at radius 1 is 1.35 bits per heavy atom. The summed E-state index contributed by atoms with van der Waals surface area (Å²) in [4.78, 5) is 15.5. The summed E-state index contributed by atoms with van der Waals surface area (Å²) in [6, 6.07) is 5.13. The van der Waals surface area contributed by atoms with Gasteiger partial charge in [-0.1, -0.05) is 13.8 Å². The van der Waals surface area contributed by atoms with Crippen molar-refractivity contribution in [3.8, 4) is 5.69 Å². The zero-order valence-electron chi connectivity index (χ0n) is 10.1. The third kappa shape index (κ3) is 4.21. The maximum absolute atomic E-state index is 11.5. The molecule has 0 bridgehead atoms. The Bertz CT molecular complexity index is 499. The van der Waals surface area contributed by atoms with Crippen molar-refractivity contribution in [2.45, 2.75) is 13.8 Å². The molecule has 3 nitrogen and oxygen atoms in total. The molecular weight excluding hydrogens is 288 g/mol. The fraction of sp³-hybridized carbons (Fsp3) is 0.167. The van der Waals surface area contributed by atoms with E-state index >= 15 is 0 Å². The van der Waals surface area contributed by atoms with E-state index in [1.54, 1.807) is 0 Å². The van der Waals surface area contributed by atoms with Gasteiger partial charge in [0.1, 0.15) is 0 Å². The minimum Gasteiger partial charge on any atom is 0 e. The molecule has 2 aromatic rings. The second-order valence-corrected chi connectivity index (χ2v) is 2.87. The molecule has 0 unspecified atom stereocenters. The van der Waals surface area contributed by atoms with Crippen molar-refractivity contribution >= 4 is 6.91 Å². The first kappa shape index (κ1) is 16.3. The summed E-state index contributed by atoms with van der Waals surface area (Å²) in [6.07, 6.45) is 1.46. The molecule has 85 valence electrons. The largest absolute Gasteiger partial charge is 0 e. The number of hydrogen-bond acceptors (Lipinski definition) is 2. The quantitative estimate of drug-likeness (QED) is 0.753. The van der Waals surface area contributed by atoms with Gasteiger partial charge in [-0.3, -0.25) is 0 Å².